The minimum atomic E-state index is 0. The average molecular weight is 220 g/mol. The van der Waals surface area contributed by atoms with Gasteiger partial charge in [-0.3, -0.25) is 0 Å². The molecule has 2 aliphatic heterocycles. The van der Waals surface area contributed by atoms with Crippen LogP contribution in [-0.4, -0.2) is 38.8 Å². The number of nitrogens with one attached hydrogen (secondary N) is 3. The molecule has 0 aliphatic carbocycles. The molecule has 2 rings (SSSR count). The smallest absolute Gasteiger partial charge is 0.0204 e. The third-order valence-corrected chi connectivity index (χ3v) is 3.15. The standard InChI is InChI=1S/C10H21N3.ClH/c1-2-9(6-11-4-1)7-13-10-3-5-12-8-10;/h9-13H,1-8H2;1H. The highest BCUT2D eigenvalue weighted by molar-refractivity contribution is 5.85. The summed E-state index contributed by atoms with van der Waals surface area (Å²) in [5.74, 6) is 0.870. The summed E-state index contributed by atoms with van der Waals surface area (Å²) in [5, 5.41) is 10.5. The Morgan fingerprint density at radius 3 is 2.57 bits per heavy atom. The lowest BCUT2D eigenvalue weighted by molar-refractivity contribution is 0.346. The summed E-state index contributed by atoms with van der Waals surface area (Å²) in [5.41, 5.74) is 0. The fourth-order valence-electron chi connectivity index (χ4n) is 2.26. The highest BCUT2D eigenvalue weighted by Gasteiger charge is 2.17. The number of hydrogen-bond donors (Lipinski definition) is 3. The Kier molecular flexibility index (Phi) is 5.78. The van der Waals surface area contributed by atoms with Crippen LogP contribution in [0.2, 0.25) is 0 Å². The minimum absolute atomic E-state index is 0. The van der Waals surface area contributed by atoms with E-state index in [4.69, 9.17) is 0 Å². The van der Waals surface area contributed by atoms with E-state index in [1.54, 1.807) is 0 Å². The van der Waals surface area contributed by atoms with Gasteiger partial charge in [0.25, 0.3) is 0 Å². The van der Waals surface area contributed by atoms with Crippen molar-refractivity contribution in [3.63, 3.8) is 0 Å². The molecule has 2 unspecified atom stereocenters. The molecule has 0 saturated carbocycles. The third-order valence-electron chi connectivity index (χ3n) is 3.15. The average Bonchev–Trinajstić information content (AvgIpc) is 2.69. The topological polar surface area (TPSA) is 36.1 Å². The first-order chi connectivity index (χ1) is 6.45. The van der Waals surface area contributed by atoms with Crippen molar-refractivity contribution in [3.05, 3.63) is 0 Å². The summed E-state index contributed by atoms with van der Waals surface area (Å²) < 4.78 is 0. The lowest BCUT2D eigenvalue weighted by Gasteiger charge is -2.24. The van der Waals surface area contributed by atoms with Gasteiger partial charge in [-0.1, -0.05) is 0 Å². The summed E-state index contributed by atoms with van der Waals surface area (Å²) in [4.78, 5) is 0. The fraction of sp³-hybridized carbons (Fsp3) is 1.00. The number of rotatable bonds is 3. The number of halogens is 1. The van der Waals surface area contributed by atoms with E-state index in [1.165, 1.54) is 52.0 Å². The van der Waals surface area contributed by atoms with Gasteiger partial charge in [0, 0.05) is 12.6 Å². The van der Waals surface area contributed by atoms with Crippen LogP contribution in [0.1, 0.15) is 19.3 Å². The molecule has 0 bridgehead atoms. The second-order valence-corrected chi connectivity index (χ2v) is 4.31. The molecule has 0 amide bonds. The van der Waals surface area contributed by atoms with Gasteiger partial charge in [0.05, 0.1) is 0 Å². The predicted octanol–water partition coefficient (Wildman–Crippen LogP) is 0.359. The monoisotopic (exact) mass is 219 g/mol. The maximum atomic E-state index is 3.65. The van der Waals surface area contributed by atoms with Gasteiger partial charge >= 0.3 is 0 Å². The molecular formula is C10H22ClN3. The van der Waals surface area contributed by atoms with Crippen LogP contribution in [0.15, 0.2) is 0 Å². The van der Waals surface area contributed by atoms with Gasteiger partial charge in [-0.15, -0.1) is 12.4 Å². The van der Waals surface area contributed by atoms with Crippen molar-refractivity contribution in [2.45, 2.75) is 25.3 Å². The van der Waals surface area contributed by atoms with Crippen molar-refractivity contribution in [2.24, 2.45) is 5.92 Å². The van der Waals surface area contributed by atoms with Crippen LogP contribution in [-0.2, 0) is 0 Å². The van der Waals surface area contributed by atoms with Crippen LogP contribution in [0, 0.1) is 5.92 Å². The predicted molar refractivity (Wildman–Crippen MR) is 62.1 cm³/mol. The molecule has 2 aliphatic rings. The molecule has 0 spiro atoms. The van der Waals surface area contributed by atoms with Crippen LogP contribution in [0.4, 0.5) is 0 Å². The van der Waals surface area contributed by atoms with E-state index in [1.807, 2.05) is 0 Å². The summed E-state index contributed by atoms with van der Waals surface area (Å²) in [6, 6.07) is 0.738. The van der Waals surface area contributed by atoms with E-state index in [0.717, 1.165) is 12.0 Å². The molecule has 2 heterocycles. The summed E-state index contributed by atoms with van der Waals surface area (Å²) in [6.07, 6.45) is 4.07. The van der Waals surface area contributed by atoms with Crippen molar-refractivity contribution in [3.8, 4) is 0 Å². The van der Waals surface area contributed by atoms with Gasteiger partial charge < -0.3 is 16.0 Å². The van der Waals surface area contributed by atoms with E-state index in [0.29, 0.717) is 0 Å². The van der Waals surface area contributed by atoms with Gasteiger partial charge in [0.1, 0.15) is 0 Å². The molecule has 2 fully saturated rings. The van der Waals surface area contributed by atoms with Crippen molar-refractivity contribution in [2.75, 3.05) is 32.7 Å². The van der Waals surface area contributed by atoms with Gasteiger partial charge in [-0.2, -0.15) is 0 Å². The first-order valence-electron chi connectivity index (χ1n) is 5.60. The van der Waals surface area contributed by atoms with E-state index < -0.39 is 0 Å². The van der Waals surface area contributed by atoms with Crippen molar-refractivity contribution in [1.29, 1.82) is 0 Å². The molecule has 0 radical (unpaired) electrons. The molecule has 14 heavy (non-hydrogen) atoms. The van der Waals surface area contributed by atoms with Crippen LogP contribution in [0.25, 0.3) is 0 Å². The van der Waals surface area contributed by atoms with Gasteiger partial charge in [-0.05, 0) is 51.4 Å². The Balaban J connectivity index is 0.000000980. The summed E-state index contributed by atoms with van der Waals surface area (Å²) >= 11 is 0. The van der Waals surface area contributed by atoms with Gasteiger partial charge in [-0.25, -0.2) is 0 Å². The van der Waals surface area contributed by atoms with E-state index in [-0.39, 0.29) is 12.4 Å². The van der Waals surface area contributed by atoms with Crippen molar-refractivity contribution < 1.29 is 0 Å². The largest absolute Gasteiger partial charge is 0.316 e. The van der Waals surface area contributed by atoms with Crippen LogP contribution < -0.4 is 16.0 Å². The fourth-order valence-corrected chi connectivity index (χ4v) is 2.26. The van der Waals surface area contributed by atoms with Crippen LogP contribution >= 0.6 is 12.4 Å². The van der Waals surface area contributed by atoms with E-state index >= 15 is 0 Å². The zero-order valence-corrected chi connectivity index (χ0v) is 9.54. The summed E-state index contributed by atoms with van der Waals surface area (Å²) in [6.45, 7) is 6.01. The molecule has 3 nitrogen and oxygen atoms in total. The second kappa shape index (κ2) is 6.62. The molecule has 84 valence electrons. The van der Waals surface area contributed by atoms with E-state index in [9.17, 15) is 0 Å². The van der Waals surface area contributed by atoms with Crippen LogP contribution in [0.3, 0.4) is 0 Å². The molecule has 0 aromatic rings. The minimum Gasteiger partial charge on any atom is -0.316 e. The maximum absolute atomic E-state index is 3.65. The number of hydrogen-bond acceptors (Lipinski definition) is 3. The maximum Gasteiger partial charge on any atom is 0.0204 e. The molecule has 0 aromatic carbocycles. The molecule has 4 heteroatoms. The first-order valence-corrected chi connectivity index (χ1v) is 5.60. The lowest BCUT2D eigenvalue weighted by atomic mass is 9.99. The van der Waals surface area contributed by atoms with E-state index in [2.05, 4.69) is 16.0 Å². The highest BCUT2D eigenvalue weighted by Crippen LogP contribution is 2.09. The Bertz CT molecular complexity index is 142. The molecule has 0 aromatic heterocycles. The zero-order valence-electron chi connectivity index (χ0n) is 8.72. The van der Waals surface area contributed by atoms with Crippen molar-refractivity contribution >= 4 is 12.4 Å². The van der Waals surface area contributed by atoms with Crippen molar-refractivity contribution in [1.82, 2.24) is 16.0 Å². The lowest BCUT2D eigenvalue weighted by Crippen LogP contribution is -2.40. The Labute approximate surface area is 92.8 Å². The molecular weight excluding hydrogens is 198 g/mol. The third kappa shape index (κ3) is 3.73. The summed E-state index contributed by atoms with van der Waals surface area (Å²) in [7, 11) is 0. The Morgan fingerprint density at radius 2 is 1.93 bits per heavy atom. The molecule has 2 atom stereocenters. The second-order valence-electron chi connectivity index (χ2n) is 4.31. The highest BCUT2D eigenvalue weighted by atomic mass is 35.5. The quantitative estimate of drug-likeness (QED) is 0.642. The molecule has 3 N–H and O–H groups in total. The normalized spacial score (nSPS) is 32.6. The van der Waals surface area contributed by atoms with Gasteiger partial charge in [0.2, 0.25) is 0 Å². The SMILES string of the molecule is C1CNCC(CNC2CCNC2)C1.Cl. The molecule has 2 saturated heterocycles. The van der Waals surface area contributed by atoms with Gasteiger partial charge in [0.15, 0.2) is 0 Å². The number of piperidine rings is 1. The Morgan fingerprint density at radius 1 is 1.07 bits per heavy atom. The van der Waals surface area contributed by atoms with Crippen LogP contribution in [0.5, 0.6) is 0 Å². The Hall–Kier alpha value is 0.170. The first kappa shape index (κ1) is 12.2. The zero-order chi connectivity index (χ0) is 8.93.